The van der Waals surface area contributed by atoms with Crippen molar-refractivity contribution in [1.82, 2.24) is 24.6 Å². The van der Waals surface area contributed by atoms with E-state index in [0.717, 1.165) is 70.0 Å². The average molecular weight is 355 g/mol. The largest absolute Gasteiger partial charge is 0.350 e. The zero-order valence-corrected chi connectivity index (χ0v) is 15.6. The first-order valence-corrected chi connectivity index (χ1v) is 9.94. The van der Waals surface area contributed by atoms with E-state index in [9.17, 15) is 4.79 Å². The lowest BCUT2D eigenvalue weighted by atomic mass is 9.97. The first-order chi connectivity index (χ1) is 12.8. The lowest BCUT2D eigenvalue weighted by Crippen LogP contribution is -2.30. The van der Waals surface area contributed by atoms with Crippen molar-refractivity contribution >= 4 is 0 Å². The van der Waals surface area contributed by atoms with Crippen molar-refractivity contribution in [2.75, 3.05) is 32.7 Å². The third-order valence-corrected chi connectivity index (χ3v) is 5.83. The van der Waals surface area contributed by atoms with Gasteiger partial charge in [-0.15, -0.1) is 0 Å². The molecule has 140 valence electrons. The van der Waals surface area contributed by atoms with E-state index in [1.807, 2.05) is 34.9 Å². The number of aromatic nitrogens is 3. The van der Waals surface area contributed by atoms with E-state index in [1.54, 1.807) is 4.68 Å². The second-order valence-electron chi connectivity index (χ2n) is 7.57. The number of nitrogens with one attached hydrogen (secondary N) is 1. The molecule has 26 heavy (non-hydrogen) atoms. The van der Waals surface area contributed by atoms with Crippen molar-refractivity contribution in [3.63, 3.8) is 0 Å². The van der Waals surface area contributed by atoms with E-state index in [4.69, 9.17) is 5.10 Å². The van der Waals surface area contributed by atoms with E-state index in [-0.39, 0.29) is 5.69 Å². The number of hydrogen-bond donors (Lipinski definition) is 1. The number of rotatable bonds is 5. The van der Waals surface area contributed by atoms with Gasteiger partial charge in [-0.25, -0.2) is 14.0 Å². The maximum Gasteiger partial charge on any atom is 0.350 e. The summed E-state index contributed by atoms with van der Waals surface area (Å²) in [5.74, 6) is 1.81. The topological polar surface area (TPSA) is 55.1 Å². The third-order valence-electron chi connectivity index (χ3n) is 5.83. The Morgan fingerprint density at radius 1 is 1.15 bits per heavy atom. The van der Waals surface area contributed by atoms with Crippen LogP contribution >= 0.6 is 0 Å². The van der Waals surface area contributed by atoms with Crippen LogP contribution < -0.4 is 11.0 Å². The maximum absolute atomic E-state index is 13.2. The molecule has 0 bridgehead atoms. The Morgan fingerprint density at radius 2 is 1.92 bits per heavy atom. The van der Waals surface area contributed by atoms with Gasteiger partial charge < -0.3 is 10.2 Å². The zero-order chi connectivity index (χ0) is 17.9. The van der Waals surface area contributed by atoms with Gasteiger partial charge in [-0.1, -0.05) is 25.1 Å². The third kappa shape index (κ3) is 3.48. The summed E-state index contributed by atoms with van der Waals surface area (Å²) in [5, 5.41) is 8.25. The zero-order valence-electron chi connectivity index (χ0n) is 15.6. The molecule has 0 amide bonds. The summed E-state index contributed by atoms with van der Waals surface area (Å²) >= 11 is 0. The Labute approximate surface area is 154 Å². The van der Waals surface area contributed by atoms with Crippen LogP contribution in [0, 0.1) is 5.92 Å². The Kier molecular flexibility index (Phi) is 5.22. The molecule has 4 rings (SSSR count). The molecule has 0 radical (unpaired) electrons. The highest BCUT2D eigenvalue weighted by Crippen LogP contribution is 2.25. The van der Waals surface area contributed by atoms with Crippen LogP contribution in [0.25, 0.3) is 5.69 Å². The van der Waals surface area contributed by atoms with Crippen LogP contribution in [-0.4, -0.2) is 52.0 Å². The minimum absolute atomic E-state index is 0.0136. The van der Waals surface area contributed by atoms with Gasteiger partial charge in [0, 0.05) is 12.5 Å². The fourth-order valence-electron chi connectivity index (χ4n) is 4.30. The highest BCUT2D eigenvalue weighted by Gasteiger charge is 2.27. The molecule has 1 aromatic carbocycles. The van der Waals surface area contributed by atoms with Crippen molar-refractivity contribution in [2.45, 2.75) is 38.6 Å². The molecule has 2 saturated heterocycles. The number of hydrogen-bond acceptors (Lipinski definition) is 4. The van der Waals surface area contributed by atoms with Crippen LogP contribution in [0.4, 0.5) is 0 Å². The summed E-state index contributed by atoms with van der Waals surface area (Å²) in [7, 11) is 0. The molecule has 2 aliphatic rings. The summed E-state index contributed by atoms with van der Waals surface area (Å²) in [6.07, 6.45) is 3.23. The molecular weight excluding hydrogens is 326 g/mol. The molecule has 2 aliphatic heterocycles. The van der Waals surface area contributed by atoms with Crippen LogP contribution in [0.1, 0.15) is 37.9 Å². The van der Waals surface area contributed by atoms with Gasteiger partial charge in [0.1, 0.15) is 5.82 Å². The molecular formula is C20H29N5O. The van der Waals surface area contributed by atoms with Crippen LogP contribution in [0.2, 0.25) is 0 Å². The van der Waals surface area contributed by atoms with Crippen LogP contribution in [0.3, 0.4) is 0 Å². The van der Waals surface area contributed by atoms with Crippen LogP contribution in [-0.2, 0) is 6.54 Å². The molecule has 2 fully saturated rings. The SMILES string of the molecule is CCN1CC[C@@H](Cn2nc(C3CCNCC3)n(-c3ccccc3)c2=O)C1. The van der Waals surface area contributed by atoms with E-state index in [0.29, 0.717) is 11.8 Å². The predicted octanol–water partition coefficient (Wildman–Crippen LogP) is 1.84. The molecule has 1 aromatic heterocycles. The summed E-state index contributed by atoms with van der Waals surface area (Å²) in [5.41, 5.74) is 0.943. The van der Waals surface area contributed by atoms with Crippen molar-refractivity contribution in [3.05, 3.63) is 46.6 Å². The van der Waals surface area contributed by atoms with Gasteiger partial charge in [0.2, 0.25) is 0 Å². The molecule has 1 N–H and O–H groups in total. The van der Waals surface area contributed by atoms with Gasteiger partial charge in [0.05, 0.1) is 12.2 Å². The second kappa shape index (κ2) is 7.76. The molecule has 0 unspecified atom stereocenters. The van der Waals surface area contributed by atoms with Crippen molar-refractivity contribution < 1.29 is 0 Å². The quantitative estimate of drug-likeness (QED) is 0.889. The monoisotopic (exact) mass is 355 g/mol. The van der Waals surface area contributed by atoms with Gasteiger partial charge in [0.15, 0.2) is 0 Å². The minimum atomic E-state index is 0.0136. The van der Waals surface area contributed by atoms with Crippen molar-refractivity contribution in [3.8, 4) is 5.69 Å². The first-order valence-electron chi connectivity index (χ1n) is 9.94. The first kappa shape index (κ1) is 17.5. The second-order valence-corrected chi connectivity index (χ2v) is 7.57. The lowest BCUT2D eigenvalue weighted by molar-refractivity contribution is 0.326. The predicted molar refractivity (Wildman–Crippen MR) is 103 cm³/mol. The number of benzene rings is 1. The Morgan fingerprint density at radius 3 is 2.62 bits per heavy atom. The standard InChI is InChI=1S/C20H29N5O/c1-2-23-13-10-16(14-23)15-24-20(26)25(18-6-4-3-5-7-18)19(22-24)17-8-11-21-12-9-17/h3-7,16-17,21H,2,8-15H2,1H3/t16-/m1/s1. The molecule has 3 heterocycles. The number of para-hydroxylation sites is 1. The number of piperidine rings is 1. The number of nitrogens with zero attached hydrogens (tertiary/aromatic N) is 4. The van der Waals surface area contributed by atoms with E-state index in [2.05, 4.69) is 17.1 Å². The normalized spacial score (nSPS) is 22.1. The lowest BCUT2D eigenvalue weighted by Gasteiger charge is -2.22. The van der Waals surface area contributed by atoms with Gasteiger partial charge in [0.25, 0.3) is 0 Å². The summed E-state index contributed by atoms with van der Waals surface area (Å²) in [4.78, 5) is 15.7. The Balaban J connectivity index is 1.67. The Bertz CT molecular complexity index is 775. The molecule has 1 atom stereocenters. The summed E-state index contributed by atoms with van der Waals surface area (Å²) < 4.78 is 3.58. The minimum Gasteiger partial charge on any atom is -0.317 e. The number of likely N-dealkylation sites (tertiary alicyclic amines) is 1. The van der Waals surface area contributed by atoms with E-state index >= 15 is 0 Å². The highest BCUT2D eigenvalue weighted by molar-refractivity contribution is 5.33. The summed E-state index contributed by atoms with van der Waals surface area (Å²) in [6, 6.07) is 9.97. The fourth-order valence-corrected chi connectivity index (χ4v) is 4.30. The average Bonchev–Trinajstić information content (AvgIpc) is 3.28. The smallest absolute Gasteiger partial charge is 0.317 e. The molecule has 6 nitrogen and oxygen atoms in total. The molecule has 0 spiro atoms. The van der Waals surface area contributed by atoms with Gasteiger partial charge in [-0.3, -0.25) is 0 Å². The fraction of sp³-hybridized carbons (Fsp3) is 0.600. The highest BCUT2D eigenvalue weighted by atomic mass is 16.2. The van der Waals surface area contributed by atoms with Gasteiger partial charge >= 0.3 is 5.69 Å². The van der Waals surface area contributed by atoms with Gasteiger partial charge in [-0.05, 0) is 63.5 Å². The Hall–Kier alpha value is -1.92. The van der Waals surface area contributed by atoms with E-state index in [1.165, 1.54) is 0 Å². The maximum atomic E-state index is 13.2. The molecule has 2 aromatic rings. The molecule has 0 saturated carbocycles. The van der Waals surface area contributed by atoms with Crippen LogP contribution in [0.15, 0.2) is 35.1 Å². The molecule has 6 heteroatoms. The van der Waals surface area contributed by atoms with Gasteiger partial charge in [-0.2, -0.15) is 5.10 Å². The molecule has 0 aliphatic carbocycles. The summed E-state index contributed by atoms with van der Waals surface area (Å²) in [6.45, 7) is 8.22. The van der Waals surface area contributed by atoms with Crippen molar-refractivity contribution in [2.24, 2.45) is 5.92 Å². The van der Waals surface area contributed by atoms with Crippen molar-refractivity contribution in [1.29, 1.82) is 0 Å². The van der Waals surface area contributed by atoms with E-state index < -0.39 is 0 Å². The van der Waals surface area contributed by atoms with Crippen LogP contribution in [0.5, 0.6) is 0 Å².